The van der Waals surface area contributed by atoms with Crippen molar-refractivity contribution in [1.82, 2.24) is 9.78 Å². The van der Waals surface area contributed by atoms with Gasteiger partial charge in [-0.1, -0.05) is 0 Å². The van der Waals surface area contributed by atoms with Gasteiger partial charge in [-0.05, 0) is 13.3 Å². The third-order valence-corrected chi connectivity index (χ3v) is 2.43. The van der Waals surface area contributed by atoms with Crippen molar-refractivity contribution in [3.63, 3.8) is 0 Å². The Kier molecular flexibility index (Phi) is 2.03. The normalized spacial score (nSPS) is 24.8. The number of nitrogens with two attached hydrogens (primary N) is 1. The summed E-state index contributed by atoms with van der Waals surface area (Å²) in [5.74, 6) is 0.720. The molecule has 1 aromatic heterocycles. The number of nitrogens with zero attached hydrogens (tertiary/aromatic N) is 2. The molecule has 14 heavy (non-hydrogen) atoms. The molecule has 3 N–H and O–H groups in total. The van der Waals surface area contributed by atoms with Gasteiger partial charge < -0.3 is 11.1 Å². The van der Waals surface area contributed by atoms with Crippen molar-refractivity contribution in [2.75, 3.05) is 5.32 Å². The van der Waals surface area contributed by atoms with E-state index in [1.807, 2.05) is 13.0 Å². The maximum atomic E-state index is 11.5. The summed E-state index contributed by atoms with van der Waals surface area (Å²) in [5, 5.41) is 6.94. The fourth-order valence-electron chi connectivity index (χ4n) is 1.46. The second-order valence-corrected chi connectivity index (χ2v) is 3.79. The number of aromatic nitrogens is 2. The lowest BCUT2D eigenvalue weighted by Gasteiger charge is -2.03. The molecule has 1 saturated carbocycles. The fourth-order valence-corrected chi connectivity index (χ4v) is 1.46. The Hall–Kier alpha value is -1.36. The summed E-state index contributed by atoms with van der Waals surface area (Å²) in [6, 6.07) is 1.88. The van der Waals surface area contributed by atoms with Gasteiger partial charge >= 0.3 is 0 Å². The molecule has 0 aromatic carbocycles. The summed E-state index contributed by atoms with van der Waals surface area (Å²) in [5.41, 5.74) is 6.47. The lowest BCUT2D eigenvalue weighted by Crippen LogP contribution is -2.20. The highest BCUT2D eigenvalue weighted by Crippen LogP contribution is 2.29. The van der Waals surface area contributed by atoms with Crippen LogP contribution in [0.3, 0.4) is 0 Å². The molecule has 76 valence electrons. The molecular weight excluding hydrogens is 180 g/mol. The van der Waals surface area contributed by atoms with E-state index in [-0.39, 0.29) is 17.9 Å². The standard InChI is InChI=1S/C9H14N4O/c1-5-3-8(13(2)12-5)11-9(14)6-4-7(6)10/h3,6-7H,4,10H2,1-2H3,(H,11,14). The topological polar surface area (TPSA) is 72.9 Å². The van der Waals surface area contributed by atoms with E-state index in [4.69, 9.17) is 5.73 Å². The first-order valence-electron chi connectivity index (χ1n) is 4.65. The summed E-state index contributed by atoms with van der Waals surface area (Å²) in [4.78, 5) is 11.5. The third kappa shape index (κ3) is 1.63. The SMILES string of the molecule is Cc1cc(NC(=O)C2CC2N)n(C)n1. The highest BCUT2D eigenvalue weighted by atomic mass is 16.2. The molecule has 2 atom stereocenters. The summed E-state index contributed by atoms with van der Waals surface area (Å²) < 4.78 is 1.65. The lowest BCUT2D eigenvalue weighted by molar-refractivity contribution is -0.117. The van der Waals surface area contributed by atoms with Gasteiger partial charge in [0.25, 0.3) is 0 Å². The molecule has 0 spiro atoms. The van der Waals surface area contributed by atoms with Crippen LogP contribution >= 0.6 is 0 Å². The number of rotatable bonds is 2. The molecule has 0 bridgehead atoms. The van der Waals surface area contributed by atoms with Crippen LogP contribution in [0.1, 0.15) is 12.1 Å². The quantitative estimate of drug-likeness (QED) is 0.696. The van der Waals surface area contributed by atoms with Crippen molar-refractivity contribution in [3.05, 3.63) is 11.8 Å². The summed E-state index contributed by atoms with van der Waals surface area (Å²) in [6.07, 6.45) is 0.794. The highest BCUT2D eigenvalue weighted by Gasteiger charge is 2.40. The third-order valence-electron chi connectivity index (χ3n) is 2.43. The Labute approximate surface area is 82.3 Å². The minimum absolute atomic E-state index is 0.000463. The zero-order valence-electron chi connectivity index (χ0n) is 8.32. The minimum Gasteiger partial charge on any atom is -0.327 e. The Balaban J connectivity index is 2.03. The van der Waals surface area contributed by atoms with Gasteiger partial charge in [-0.2, -0.15) is 5.10 Å². The zero-order valence-corrected chi connectivity index (χ0v) is 8.32. The van der Waals surface area contributed by atoms with E-state index in [1.54, 1.807) is 11.7 Å². The van der Waals surface area contributed by atoms with Crippen LogP contribution in [0.5, 0.6) is 0 Å². The smallest absolute Gasteiger partial charge is 0.230 e. The number of carbonyl (C=O) groups is 1. The molecule has 2 rings (SSSR count). The molecule has 1 fully saturated rings. The van der Waals surface area contributed by atoms with Gasteiger partial charge in [0.15, 0.2) is 0 Å². The van der Waals surface area contributed by atoms with E-state index in [2.05, 4.69) is 10.4 Å². The molecule has 5 heteroatoms. The number of nitrogens with one attached hydrogen (secondary N) is 1. The Morgan fingerprint density at radius 3 is 2.86 bits per heavy atom. The Morgan fingerprint density at radius 1 is 1.79 bits per heavy atom. The molecule has 0 saturated heterocycles. The van der Waals surface area contributed by atoms with Crippen LogP contribution in [0.2, 0.25) is 0 Å². The molecule has 2 unspecified atom stereocenters. The van der Waals surface area contributed by atoms with Crippen molar-refractivity contribution in [3.8, 4) is 0 Å². The van der Waals surface area contributed by atoms with Gasteiger partial charge in [0.05, 0.1) is 11.6 Å². The predicted molar refractivity (Wildman–Crippen MR) is 52.7 cm³/mol. The van der Waals surface area contributed by atoms with Crippen molar-refractivity contribution >= 4 is 11.7 Å². The van der Waals surface area contributed by atoms with Gasteiger partial charge in [-0.25, -0.2) is 0 Å². The zero-order chi connectivity index (χ0) is 10.3. The molecule has 1 aliphatic rings. The minimum atomic E-state index is -0.00907. The van der Waals surface area contributed by atoms with Crippen LogP contribution in [-0.2, 0) is 11.8 Å². The second-order valence-electron chi connectivity index (χ2n) is 3.79. The number of hydrogen-bond acceptors (Lipinski definition) is 3. The summed E-state index contributed by atoms with van der Waals surface area (Å²) >= 11 is 0. The summed E-state index contributed by atoms with van der Waals surface area (Å²) in [7, 11) is 1.80. The maximum absolute atomic E-state index is 11.5. The molecule has 0 aliphatic heterocycles. The van der Waals surface area contributed by atoms with E-state index < -0.39 is 0 Å². The van der Waals surface area contributed by atoms with Crippen molar-refractivity contribution in [2.45, 2.75) is 19.4 Å². The lowest BCUT2D eigenvalue weighted by atomic mass is 10.3. The van der Waals surface area contributed by atoms with Crippen molar-refractivity contribution in [1.29, 1.82) is 0 Å². The molecule has 1 aliphatic carbocycles. The van der Waals surface area contributed by atoms with Crippen LogP contribution in [0.25, 0.3) is 0 Å². The number of carbonyl (C=O) groups excluding carboxylic acids is 1. The number of hydrogen-bond donors (Lipinski definition) is 2. The largest absolute Gasteiger partial charge is 0.327 e. The van der Waals surface area contributed by atoms with Crippen molar-refractivity contribution < 1.29 is 4.79 Å². The molecule has 0 radical (unpaired) electrons. The monoisotopic (exact) mass is 194 g/mol. The number of aryl methyl sites for hydroxylation is 2. The average molecular weight is 194 g/mol. The van der Waals surface area contributed by atoms with E-state index in [1.165, 1.54) is 0 Å². The maximum Gasteiger partial charge on any atom is 0.230 e. The van der Waals surface area contributed by atoms with Gasteiger partial charge in [-0.15, -0.1) is 0 Å². The first kappa shape index (κ1) is 9.21. The Bertz CT molecular complexity index is 371. The van der Waals surface area contributed by atoms with Gasteiger partial charge in [0, 0.05) is 19.2 Å². The molecule has 1 amide bonds. The van der Waals surface area contributed by atoms with Crippen molar-refractivity contribution in [2.24, 2.45) is 18.7 Å². The van der Waals surface area contributed by atoms with Crippen LogP contribution in [-0.4, -0.2) is 21.7 Å². The van der Waals surface area contributed by atoms with Crippen LogP contribution in [0.15, 0.2) is 6.07 Å². The van der Waals surface area contributed by atoms with Gasteiger partial charge in [0.1, 0.15) is 5.82 Å². The first-order valence-corrected chi connectivity index (χ1v) is 4.65. The number of anilines is 1. The fraction of sp³-hybridized carbons (Fsp3) is 0.556. The first-order chi connectivity index (χ1) is 6.58. The molecular formula is C9H14N4O. The number of amides is 1. The molecule has 1 aromatic rings. The highest BCUT2D eigenvalue weighted by molar-refractivity contribution is 5.94. The molecule has 5 nitrogen and oxygen atoms in total. The van der Waals surface area contributed by atoms with Crippen LogP contribution in [0.4, 0.5) is 5.82 Å². The van der Waals surface area contributed by atoms with Gasteiger partial charge in [0.2, 0.25) is 5.91 Å². The van der Waals surface area contributed by atoms with E-state index in [0.717, 1.165) is 17.9 Å². The predicted octanol–water partition coefficient (Wildman–Crippen LogP) is 0.0142. The summed E-state index contributed by atoms with van der Waals surface area (Å²) in [6.45, 7) is 1.89. The molecule has 1 heterocycles. The second kappa shape index (κ2) is 3.09. The van der Waals surface area contributed by atoms with Crippen LogP contribution < -0.4 is 11.1 Å². The van der Waals surface area contributed by atoms with E-state index in [0.29, 0.717) is 0 Å². The average Bonchev–Trinajstić information content (AvgIpc) is 2.73. The van der Waals surface area contributed by atoms with E-state index >= 15 is 0 Å². The van der Waals surface area contributed by atoms with Gasteiger partial charge in [-0.3, -0.25) is 9.48 Å². The van der Waals surface area contributed by atoms with E-state index in [9.17, 15) is 4.79 Å². The Morgan fingerprint density at radius 2 is 2.43 bits per heavy atom. The van der Waals surface area contributed by atoms with Crippen LogP contribution in [0, 0.1) is 12.8 Å².